The number of fused-ring (bicyclic) bond motifs is 1. The third kappa shape index (κ3) is 1.74. The Bertz CT molecular complexity index is 691. The Kier molecular flexibility index (Phi) is 2.26. The summed E-state index contributed by atoms with van der Waals surface area (Å²) in [5.41, 5.74) is 3.36. The Morgan fingerprint density at radius 3 is 2.88 bits per heavy atom. The van der Waals surface area contributed by atoms with E-state index in [0.717, 1.165) is 22.5 Å². The van der Waals surface area contributed by atoms with Crippen molar-refractivity contribution in [1.82, 2.24) is 24.6 Å². The molecule has 0 atom stereocenters. The maximum absolute atomic E-state index is 5.84. The maximum atomic E-state index is 5.84. The Hall–Kier alpha value is -2.01. The summed E-state index contributed by atoms with van der Waals surface area (Å²) in [5.74, 6) is 0. The Balaban J connectivity index is 2.24. The molecule has 6 heteroatoms. The van der Waals surface area contributed by atoms with Crippen LogP contribution in [-0.4, -0.2) is 24.6 Å². The van der Waals surface area contributed by atoms with Crippen LogP contribution in [0.2, 0.25) is 5.15 Å². The fourth-order valence-corrected chi connectivity index (χ4v) is 1.78. The molecule has 0 bridgehead atoms. The number of halogens is 1. The second-order valence-electron chi connectivity index (χ2n) is 3.68. The molecule has 3 aromatic heterocycles. The first-order valence-electron chi connectivity index (χ1n) is 5.02. The number of rotatable bonds is 1. The van der Waals surface area contributed by atoms with Gasteiger partial charge in [0.05, 0.1) is 17.5 Å². The Morgan fingerprint density at radius 1 is 1.18 bits per heavy atom. The standard InChI is InChI=1S/C11H8ClN5/c1-7-3-13-11-8(4-16-17(11)5-7)9-2-10(12)15-6-14-9/h2-6H,1H3. The van der Waals surface area contributed by atoms with Gasteiger partial charge in [0.2, 0.25) is 0 Å². The first kappa shape index (κ1) is 10.2. The van der Waals surface area contributed by atoms with E-state index in [1.165, 1.54) is 6.33 Å². The van der Waals surface area contributed by atoms with E-state index in [1.807, 2.05) is 13.1 Å². The Morgan fingerprint density at radius 2 is 2.06 bits per heavy atom. The molecule has 84 valence electrons. The van der Waals surface area contributed by atoms with Crippen LogP contribution in [0.4, 0.5) is 0 Å². The van der Waals surface area contributed by atoms with E-state index < -0.39 is 0 Å². The third-order valence-corrected chi connectivity index (χ3v) is 2.60. The van der Waals surface area contributed by atoms with Gasteiger partial charge in [-0.1, -0.05) is 11.6 Å². The average molecular weight is 246 g/mol. The first-order chi connectivity index (χ1) is 8.24. The molecule has 0 amide bonds. The van der Waals surface area contributed by atoms with Crippen LogP contribution in [0.1, 0.15) is 5.56 Å². The van der Waals surface area contributed by atoms with E-state index in [2.05, 4.69) is 20.1 Å². The molecule has 0 fully saturated rings. The molecule has 0 unspecified atom stereocenters. The van der Waals surface area contributed by atoms with E-state index in [9.17, 15) is 0 Å². The monoisotopic (exact) mass is 245 g/mol. The van der Waals surface area contributed by atoms with Crippen molar-refractivity contribution in [3.63, 3.8) is 0 Å². The minimum absolute atomic E-state index is 0.404. The van der Waals surface area contributed by atoms with E-state index in [4.69, 9.17) is 11.6 Å². The van der Waals surface area contributed by atoms with Crippen molar-refractivity contribution >= 4 is 17.2 Å². The van der Waals surface area contributed by atoms with Crippen molar-refractivity contribution in [3.8, 4) is 11.3 Å². The van der Waals surface area contributed by atoms with E-state index in [-0.39, 0.29) is 0 Å². The highest BCUT2D eigenvalue weighted by molar-refractivity contribution is 6.29. The van der Waals surface area contributed by atoms with Crippen LogP contribution >= 0.6 is 11.6 Å². The number of aryl methyl sites for hydroxylation is 1. The highest BCUT2D eigenvalue weighted by atomic mass is 35.5. The fourth-order valence-electron chi connectivity index (χ4n) is 1.63. The molecular weight excluding hydrogens is 238 g/mol. The minimum atomic E-state index is 0.404. The molecule has 0 aromatic carbocycles. The van der Waals surface area contributed by atoms with Crippen LogP contribution in [0.5, 0.6) is 0 Å². The van der Waals surface area contributed by atoms with Gasteiger partial charge in [0.25, 0.3) is 0 Å². The largest absolute Gasteiger partial charge is 0.236 e. The van der Waals surface area contributed by atoms with Gasteiger partial charge < -0.3 is 0 Å². The molecule has 0 saturated carbocycles. The molecule has 0 N–H and O–H groups in total. The predicted molar refractivity (Wildman–Crippen MR) is 63.8 cm³/mol. The van der Waals surface area contributed by atoms with Gasteiger partial charge in [-0.3, -0.25) is 0 Å². The second kappa shape index (κ2) is 3.78. The van der Waals surface area contributed by atoms with Gasteiger partial charge in [0.1, 0.15) is 11.5 Å². The summed E-state index contributed by atoms with van der Waals surface area (Å²) in [4.78, 5) is 12.4. The van der Waals surface area contributed by atoms with Crippen LogP contribution in [0.25, 0.3) is 16.9 Å². The maximum Gasteiger partial charge on any atom is 0.164 e. The van der Waals surface area contributed by atoms with Crippen molar-refractivity contribution in [1.29, 1.82) is 0 Å². The molecule has 0 spiro atoms. The summed E-state index contributed by atoms with van der Waals surface area (Å²) in [6, 6.07) is 1.69. The van der Waals surface area contributed by atoms with E-state index >= 15 is 0 Å². The lowest BCUT2D eigenvalue weighted by atomic mass is 10.2. The lowest BCUT2D eigenvalue weighted by molar-refractivity contribution is 0.928. The zero-order valence-corrected chi connectivity index (χ0v) is 9.76. The van der Waals surface area contributed by atoms with Crippen LogP contribution in [-0.2, 0) is 0 Å². The predicted octanol–water partition coefficient (Wildman–Crippen LogP) is 2.15. The van der Waals surface area contributed by atoms with Crippen molar-refractivity contribution in [3.05, 3.63) is 41.7 Å². The molecule has 0 radical (unpaired) electrons. The smallest absolute Gasteiger partial charge is 0.164 e. The van der Waals surface area contributed by atoms with Crippen molar-refractivity contribution in [2.45, 2.75) is 6.92 Å². The number of hydrogen-bond acceptors (Lipinski definition) is 4. The SMILES string of the molecule is Cc1cnc2c(-c3cc(Cl)ncn3)cnn2c1. The van der Waals surface area contributed by atoms with Gasteiger partial charge in [-0.05, 0) is 12.5 Å². The van der Waals surface area contributed by atoms with Gasteiger partial charge >= 0.3 is 0 Å². The van der Waals surface area contributed by atoms with Gasteiger partial charge in [-0.2, -0.15) is 5.10 Å². The highest BCUT2D eigenvalue weighted by Crippen LogP contribution is 2.22. The molecule has 0 aliphatic rings. The summed E-state index contributed by atoms with van der Waals surface area (Å²) in [5, 5.41) is 4.64. The highest BCUT2D eigenvalue weighted by Gasteiger charge is 2.09. The number of hydrogen-bond donors (Lipinski definition) is 0. The zero-order valence-electron chi connectivity index (χ0n) is 9.00. The molecule has 0 saturated heterocycles. The van der Waals surface area contributed by atoms with Crippen LogP contribution in [0.15, 0.2) is 31.0 Å². The lowest BCUT2D eigenvalue weighted by Crippen LogP contribution is -1.92. The van der Waals surface area contributed by atoms with Gasteiger partial charge in [-0.25, -0.2) is 19.5 Å². The quantitative estimate of drug-likeness (QED) is 0.617. The number of aromatic nitrogens is 5. The van der Waals surface area contributed by atoms with Gasteiger partial charge in [0, 0.05) is 18.5 Å². The van der Waals surface area contributed by atoms with Crippen molar-refractivity contribution in [2.75, 3.05) is 0 Å². The summed E-state index contributed by atoms with van der Waals surface area (Å²) in [6.07, 6.45) is 6.85. The molecular formula is C11H8ClN5. The van der Waals surface area contributed by atoms with E-state index in [0.29, 0.717) is 5.15 Å². The molecule has 3 rings (SSSR count). The third-order valence-electron chi connectivity index (χ3n) is 2.40. The summed E-state index contributed by atoms with van der Waals surface area (Å²) >= 11 is 5.84. The van der Waals surface area contributed by atoms with Crippen molar-refractivity contribution in [2.24, 2.45) is 0 Å². The number of nitrogens with zero attached hydrogens (tertiary/aromatic N) is 5. The van der Waals surface area contributed by atoms with Crippen LogP contribution < -0.4 is 0 Å². The average Bonchev–Trinajstić information content (AvgIpc) is 2.71. The zero-order chi connectivity index (χ0) is 11.8. The fraction of sp³-hybridized carbons (Fsp3) is 0.0909. The summed E-state index contributed by atoms with van der Waals surface area (Å²) < 4.78 is 1.72. The molecule has 3 aromatic rings. The topological polar surface area (TPSA) is 56.0 Å². The first-order valence-corrected chi connectivity index (χ1v) is 5.40. The lowest BCUT2D eigenvalue weighted by Gasteiger charge is -1.98. The second-order valence-corrected chi connectivity index (χ2v) is 4.07. The summed E-state index contributed by atoms with van der Waals surface area (Å²) in [6.45, 7) is 1.97. The molecule has 3 heterocycles. The Labute approximate surface area is 102 Å². The molecule has 0 aliphatic heterocycles. The van der Waals surface area contributed by atoms with Gasteiger partial charge in [-0.15, -0.1) is 0 Å². The van der Waals surface area contributed by atoms with E-state index in [1.54, 1.807) is 23.0 Å². The van der Waals surface area contributed by atoms with Crippen LogP contribution in [0.3, 0.4) is 0 Å². The molecule has 0 aliphatic carbocycles. The van der Waals surface area contributed by atoms with Crippen LogP contribution in [0, 0.1) is 6.92 Å². The normalized spacial score (nSPS) is 10.9. The van der Waals surface area contributed by atoms with Gasteiger partial charge in [0.15, 0.2) is 5.65 Å². The molecule has 5 nitrogen and oxygen atoms in total. The minimum Gasteiger partial charge on any atom is -0.236 e. The summed E-state index contributed by atoms with van der Waals surface area (Å²) in [7, 11) is 0. The van der Waals surface area contributed by atoms with Crippen molar-refractivity contribution < 1.29 is 0 Å². The molecule has 17 heavy (non-hydrogen) atoms.